The number of hydrogen-bond acceptors (Lipinski definition) is 4. The monoisotopic (exact) mass is 339 g/mol. The van der Waals surface area contributed by atoms with E-state index in [1.54, 1.807) is 7.11 Å². The molecule has 3 rings (SSSR count). The van der Waals surface area contributed by atoms with Crippen LogP contribution in [0.3, 0.4) is 0 Å². The fourth-order valence-electron chi connectivity index (χ4n) is 2.96. The number of ether oxygens (including phenoxy) is 1. The van der Waals surface area contributed by atoms with E-state index in [4.69, 9.17) is 4.74 Å². The van der Waals surface area contributed by atoms with Gasteiger partial charge in [0, 0.05) is 57.7 Å². The maximum absolute atomic E-state index is 5.09. The third-order valence-electron chi connectivity index (χ3n) is 4.37. The van der Waals surface area contributed by atoms with Gasteiger partial charge in [0.05, 0.1) is 7.11 Å². The molecule has 0 aliphatic carbocycles. The SMILES string of the molecule is CN=C(NCc1ccc(OC)nc1)N1CCN(c2ccccc2)CC1. The lowest BCUT2D eigenvalue weighted by Gasteiger charge is -2.37. The lowest BCUT2D eigenvalue weighted by molar-refractivity contribution is 0.372. The van der Waals surface area contributed by atoms with Gasteiger partial charge in [-0.1, -0.05) is 24.3 Å². The van der Waals surface area contributed by atoms with Crippen molar-refractivity contribution < 1.29 is 4.74 Å². The van der Waals surface area contributed by atoms with E-state index in [-0.39, 0.29) is 0 Å². The van der Waals surface area contributed by atoms with Crippen LogP contribution in [0.15, 0.2) is 53.7 Å². The van der Waals surface area contributed by atoms with Crippen LogP contribution >= 0.6 is 0 Å². The molecular weight excluding hydrogens is 314 g/mol. The van der Waals surface area contributed by atoms with Crippen LogP contribution in [0.2, 0.25) is 0 Å². The second-order valence-electron chi connectivity index (χ2n) is 5.92. The Hall–Kier alpha value is -2.76. The number of anilines is 1. The molecule has 0 unspecified atom stereocenters. The van der Waals surface area contributed by atoms with Crippen molar-refractivity contribution in [2.24, 2.45) is 4.99 Å². The van der Waals surface area contributed by atoms with Gasteiger partial charge in [-0.2, -0.15) is 0 Å². The van der Waals surface area contributed by atoms with Crippen molar-refractivity contribution in [3.05, 3.63) is 54.2 Å². The summed E-state index contributed by atoms with van der Waals surface area (Å²) in [4.78, 5) is 13.4. The van der Waals surface area contributed by atoms with Gasteiger partial charge in [-0.15, -0.1) is 0 Å². The number of guanidine groups is 1. The molecule has 1 fully saturated rings. The molecule has 0 spiro atoms. The van der Waals surface area contributed by atoms with E-state index in [0.717, 1.165) is 37.7 Å². The molecule has 2 aromatic rings. The number of piperazine rings is 1. The number of hydrogen-bond donors (Lipinski definition) is 1. The van der Waals surface area contributed by atoms with Gasteiger partial charge in [0.25, 0.3) is 0 Å². The van der Waals surface area contributed by atoms with Crippen molar-refractivity contribution in [1.82, 2.24) is 15.2 Å². The Bertz CT molecular complexity index is 679. The Morgan fingerprint density at radius 3 is 2.48 bits per heavy atom. The lowest BCUT2D eigenvalue weighted by atomic mass is 10.2. The number of methoxy groups -OCH3 is 1. The van der Waals surface area contributed by atoms with E-state index in [1.165, 1.54) is 5.69 Å². The number of nitrogens with zero attached hydrogens (tertiary/aromatic N) is 4. The minimum absolute atomic E-state index is 0.630. The van der Waals surface area contributed by atoms with Gasteiger partial charge in [0.2, 0.25) is 5.88 Å². The number of aliphatic imine (C=N–C) groups is 1. The molecule has 6 nitrogen and oxygen atoms in total. The molecule has 1 aliphatic rings. The Balaban J connectivity index is 1.52. The fraction of sp³-hybridized carbons (Fsp3) is 0.368. The summed E-state index contributed by atoms with van der Waals surface area (Å²) in [6, 6.07) is 14.5. The first-order valence-corrected chi connectivity index (χ1v) is 8.54. The average molecular weight is 339 g/mol. The molecule has 25 heavy (non-hydrogen) atoms. The zero-order valence-corrected chi connectivity index (χ0v) is 14.9. The Morgan fingerprint density at radius 1 is 1.12 bits per heavy atom. The zero-order chi connectivity index (χ0) is 17.5. The third-order valence-corrected chi connectivity index (χ3v) is 4.37. The molecule has 0 radical (unpaired) electrons. The predicted molar refractivity (Wildman–Crippen MR) is 101 cm³/mol. The van der Waals surface area contributed by atoms with Crippen LogP contribution in [0.5, 0.6) is 5.88 Å². The van der Waals surface area contributed by atoms with Crippen molar-refractivity contribution in [3.8, 4) is 5.88 Å². The first-order valence-electron chi connectivity index (χ1n) is 8.54. The van der Waals surface area contributed by atoms with Crippen molar-refractivity contribution in [2.45, 2.75) is 6.54 Å². The van der Waals surface area contributed by atoms with E-state index in [0.29, 0.717) is 12.4 Å². The summed E-state index contributed by atoms with van der Waals surface area (Å²) in [7, 11) is 3.45. The minimum atomic E-state index is 0.630. The highest BCUT2D eigenvalue weighted by molar-refractivity contribution is 5.80. The van der Waals surface area contributed by atoms with Crippen molar-refractivity contribution in [2.75, 3.05) is 45.2 Å². The first kappa shape index (κ1) is 17.1. The van der Waals surface area contributed by atoms with E-state index in [9.17, 15) is 0 Å². The lowest BCUT2D eigenvalue weighted by Crippen LogP contribution is -2.52. The minimum Gasteiger partial charge on any atom is -0.481 e. The highest BCUT2D eigenvalue weighted by Gasteiger charge is 2.19. The van der Waals surface area contributed by atoms with Crippen LogP contribution < -0.4 is 15.0 Å². The van der Waals surface area contributed by atoms with Gasteiger partial charge in [-0.25, -0.2) is 4.98 Å². The molecule has 1 saturated heterocycles. The predicted octanol–water partition coefficient (Wildman–Crippen LogP) is 1.99. The Morgan fingerprint density at radius 2 is 1.88 bits per heavy atom. The third kappa shape index (κ3) is 4.41. The highest BCUT2D eigenvalue weighted by atomic mass is 16.5. The van der Waals surface area contributed by atoms with Crippen LogP contribution in [0.25, 0.3) is 0 Å². The summed E-state index contributed by atoms with van der Waals surface area (Å²) >= 11 is 0. The van der Waals surface area contributed by atoms with Gasteiger partial charge in [-0.05, 0) is 17.7 Å². The van der Waals surface area contributed by atoms with Gasteiger partial charge < -0.3 is 19.9 Å². The van der Waals surface area contributed by atoms with Gasteiger partial charge in [0.1, 0.15) is 0 Å². The second kappa shape index (κ2) is 8.37. The zero-order valence-electron chi connectivity index (χ0n) is 14.9. The molecule has 6 heteroatoms. The van der Waals surface area contributed by atoms with E-state index in [2.05, 4.69) is 55.4 Å². The quantitative estimate of drug-likeness (QED) is 0.682. The van der Waals surface area contributed by atoms with Crippen LogP contribution in [-0.4, -0.2) is 56.2 Å². The topological polar surface area (TPSA) is 53.0 Å². The normalized spacial score (nSPS) is 15.2. The molecule has 1 N–H and O–H groups in total. The number of aromatic nitrogens is 1. The number of benzene rings is 1. The van der Waals surface area contributed by atoms with Gasteiger partial charge in [-0.3, -0.25) is 4.99 Å². The fourth-order valence-corrected chi connectivity index (χ4v) is 2.96. The first-order chi connectivity index (χ1) is 12.3. The smallest absolute Gasteiger partial charge is 0.212 e. The number of rotatable bonds is 4. The Labute approximate surface area is 149 Å². The molecule has 0 amide bonds. The maximum atomic E-state index is 5.09. The molecule has 1 aromatic carbocycles. The summed E-state index contributed by atoms with van der Waals surface area (Å²) in [5.41, 5.74) is 2.39. The molecular formula is C19H25N5O. The van der Waals surface area contributed by atoms with Crippen LogP contribution in [-0.2, 0) is 6.54 Å². The van der Waals surface area contributed by atoms with Crippen molar-refractivity contribution in [3.63, 3.8) is 0 Å². The molecule has 0 saturated carbocycles. The largest absolute Gasteiger partial charge is 0.481 e. The number of pyridine rings is 1. The molecule has 0 atom stereocenters. The summed E-state index contributed by atoms with van der Waals surface area (Å²) < 4.78 is 5.09. The van der Waals surface area contributed by atoms with Crippen LogP contribution in [0, 0.1) is 0 Å². The maximum Gasteiger partial charge on any atom is 0.212 e. The van der Waals surface area contributed by atoms with Crippen molar-refractivity contribution >= 4 is 11.6 Å². The summed E-state index contributed by atoms with van der Waals surface area (Å²) in [5.74, 6) is 1.56. The van der Waals surface area contributed by atoms with E-state index < -0.39 is 0 Å². The van der Waals surface area contributed by atoms with Crippen molar-refractivity contribution in [1.29, 1.82) is 0 Å². The summed E-state index contributed by atoms with van der Waals surface area (Å²) in [5, 5.41) is 3.42. The van der Waals surface area contributed by atoms with Gasteiger partial charge >= 0.3 is 0 Å². The number of para-hydroxylation sites is 1. The molecule has 0 bridgehead atoms. The van der Waals surface area contributed by atoms with E-state index >= 15 is 0 Å². The summed E-state index contributed by atoms with van der Waals surface area (Å²) in [6.07, 6.45) is 1.83. The molecule has 132 valence electrons. The highest BCUT2D eigenvalue weighted by Crippen LogP contribution is 2.15. The second-order valence-corrected chi connectivity index (χ2v) is 5.92. The van der Waals surface area contributed by atoms with Crippen LogP contribution in [0.1, 0.15) is 5.56 Å². The summed E-state index contributed by atoms with van der Waals surface area (Å²) in [6.45, 7) is 4.59. The van der Waals surface area contributed by atoms with E-state index in [1.807, 2.05) is 25.4 Å². The number of nitrogens with one attached hydrogen (secondary N) is 1. The van der Waals surface area contributed by atoms with Gasteiger partial charge in [0.15, 0.2) is 5.96 Å². The molecule has 2 heterocycles. The Kier molecular flexibility index (Phi) is 5.72. The van der Waals surface area contributed by atoms with Crippen LogP contribution in [0.4, 0.5) is 5.69 Å². The standard InChI is InChI=1S/C19H25N5O/c1-20-19(22-15-16-8-9-18(25-2)21-14-16)24-12-10-23(11-13-24)17-6-4-3-5-7-17/h3-9,14H,10-13,15H2,1-2H3,(H,20,22). The molecule has 1 aromatic heterocycles. The molecule has 1 aliphatic heterocycles. The average Bonchev–Trinajstić information content (AvgIpc) is 2.70.